The molecule has 1 aromatic heterocycles. The van der Waals surface area contributed by atoms with E-state index in [0.29, 0.717) is 24.0 Å². The second-order valence-corrected chi connectivity index (χ2v) is 4.68. The summed E-state index contributed by atoms with van der Waals surface area (Å²) in [6, 6.07) is 7.79. The second kappa shape index (κ2) is 6.11. The SMILES string of the molecule is COc1cc(COc2cnn(C(C)C)c2)ccc1C#N. The highest BCUT2D eigenvalue weighted by Gasteiger charge is 2.06. The van der Waals surface area contributed by atoms with E-state index in [1.165, 1.54) is 0 Å². The summed E-state index contributed by atoms with van der Waals surface area (Å²) in [6.45, 7) is 4.52. The molecule has 0 N–H and O–H groups in total. The van der Waals surface area contributed by atoms with Gasteiger partial charge in [-0.2, -0.15) is 10.4 Å². The first-order valence-corrected chi connectivity index (χ1v) is 6.38. The zero-order valence-corrected chi connectivity index (χ0v) is 11.8. The number of methoxy groups -OCH3 is 1. The van der Waals surface area contributed by atoms with Crippen molar-refractivity contribution in [1.82, 2.24) is 9.78 Å². The average Bonchev–Trinajstić information content (AvgIpc) is 2.94. The van der Waals surface area contributed by atoms with E-state index >= 15 is 0 Å². The summed E-state index contributed by atoms with van der Waals surface area (Å²) in [5, 5.41) is 13.1. The van der Waals surface area contributed by atoms with Crippen LogP contribution in [0.1, 0.15) is 31.0 Å². The van der Waals surface area contributed by atoms with E-state index in [2.05, 4.69) is 25.0 Å². The third-order valence-corrected chi connectivity index (χ3v) is 2.90. The number of nitriles is 1. The van der Waals surface area contributed by atoms with Crippen molar-refractivity contribution in [2.45, 2.75) is 26.5 Å². The van der Waals surface area contributed by atoms with Crippen molar-refractivity contribution in [1.29, 1.82) is 5.26 Å². The molecule has 0 bridgehead atoms. The summed E-state index contributed by atoms with van der Waals surface area (Å²) in [4.78, 5) is 0. The quantitative estimate of drug-likeness (QED) is 0.839. The number of hydrogen-bond donors (Lipinski definition) is 0. The molecule has 104 valence electrons. The van der Waals surface area contributed by atoms with E-state index in [4.69, 9.17) is 14.7 Å². The molecular weight excluding hydrogens is 254 g/mol. The molecule has 1 heterocycles. The monoisotopic (exact) mass is 271 g/mol. The van der Waals surface area contributed by atoms with Gasteiger partial charge in [-0.05, 0) is 31.5 Å². The molecule has 0 atom stereocenters. The maximum Gasteiger partial charge on any atom is 0.157 e. The predicted molar refractivity (Wildman–Crippen MR) is 74.7 cm³/mol. The van der Waals surface area contributed by atoms with Gasteiger partial charge in [0.15, 0.2) is 5.75 Å². The molecule has 0 fully saturated rings. The van der Waals surface area contributed by atoms with Crippen LogP contribution in [-0.2, 0) is 6.61 Å². The molecule has 0 saturated heterocycles. The zero-order chi connectivity index (χ0) is 14.5. The van der Waals surface area contributed by atoms with Gasteiger partial charge in [0.25, 0.3) is 0 Å². The van der Waals surface area contributed by atoms with Gasteiger partial charge in [-0.25, -0.2) is 0 Å². The van der Waals surface area contributed by atoms with Gasteiger partial charge in [0.2, 0.25) is 0 Å². The lowest BCUT2D eigenvalue weighted by Gasteiger charge is -2.07. The predicted octanol–water partition coefficient (Wildman–Crippen LogP) is 2.92. The third-order valence-electron chi connectivity index (χ3n) is 2.90. The molecule has 0 aliphatic carbocycles. The summed E-state index contributed by atoms with van der Waals surface area (Å²) >= 11 is 0. The van der Waals surface area contributed by atoms with Gasteiger partial charge in [-0.15, -0.1) is 0 Å². The van der Waals surface area contributed by atoms with Gasteiger partial charge in [-0.1, -0.05) is 6.07 Å². The number of nitrogens with zero attached hydrogens (tertiary/aromatic N) is 3. The van der Waals surface area contributed by atoms with Crippen molar-refractivity contribution in [3.05, 3.63) is 41.7 Å². The average molecular weight is 271 g/mol. The standard InChI is InChI=1S/C15H17N3O2/c1-11(2)18-9-14(8-17-18)20-10-12-4-5-13(7-16)15(6-12)19-3/h4-6,8-9,11H,10H2,1-3H3. The first-order valence-electron chi connectivity index (χ1n) is 6.38. The maximum absolute atomic E-state index is 8.93. The van der Waals surface area contributed by atoms with Gasteiger partial charge in [0.05, 0.1) is 25.1 Å². The van der Waals surface area contributed by atoms with E-state index in [1.807, 2.05) is 23.0 Å². The largest absolute Gasteiger partial charge is 0.495 e. The fourth-order valence-electron chi connectivity index (χ4n) is 1.76. The Labute approximate surface area is 118 Å². The minimum Gasteiger partial charge on any atom is -0.495 e. The van der Waals surface area contributed by atoms with Gasteiger partial charge in [0.1, 0.15) is 18.4 Å². The Morgan fingerprint density at radius 2 is 2.20 bits per heavy atom. The van der Waals surface area contributed by atoms with Crippen molar-refractivity contribution >= 4 is 0 Å². The van der Waals surface area contributed by atoms with Gasteiger partial charge < -0.3 is 9.47 Å². The molecule has 0 amide bonds. The van der Waals surface area contributed by atoms with Crippen molar-refractivity contribution < 1.29 is 9.47 Å². The lowest BCUT2D eigenvalue weighted by atomic mass is 10.1. The molecule has 5 nitrogen and oxygen atoms in total. The third kappa shape index (κ3) is 3.09. The summed E-state index contributed by atoms with van der Waals surface area (Å²) in [5.41, 5.74) is 1.46. The van der Waals surface area contributed by atoms with Crippen LogP contribution in [0.5, 0.6) is 11.5 Å². The maximum atomic E-state index is 8.93. The molecule has 2 aromatic rings. The van der Waals surface area contributed by atoms with Gasteiger partial charge >= 0.3 is 0 Å². The van der Waals surface area contributed by atoms with E-state index in [0.717, 1.165) is 11.3 Å². The molecule has 5 heteroatoms. The molecule has 20 heavy (non-hydrogen) atoms. The number of aromatic nitrogens is 2. The fraction of sp³-hybridized carbons (Fsp3) is 0.333. The Bertz CT molecular complexity index is 626. The molecule has 1 aromatic carbocycles. The minimum absolute atomic E-state index is 0.308. The van der Waals surface area contributed by atoms with Gasteiger partial charge in [0, 0.05) is 6.04 Å². The topological polar surface area (TPSA) is 60.1 Å². The lowest BCUT2D eigenvalue weighted by Crippen LogP contribution is -2.00. The summed E-state index contributed by atoms with van der Waals surface area (Å²) in [6.07, 6.45) is 3.56. The highest BCUT2D eigenvalue weighted by Crippen LogP contribution is 2.21. The summed E-state index contributed by atoms with van der Waals surface area (Å²) in [5.74, 6) is 1.29. The Hall–Kier alpha value is -2.48. The highest BCUT2D eigenvalue weighted by molar-refractivity contribution is 5.45. The second-order valence-electron chi connectivity index (χ2n) is 4.68. The van der Waals surface area contributed by atoms with E-state index < -0.39 is 0 Å². The molecular formula is C15H17N3O2. The molecule has 2 rings (SSSR count). The lowest BCUT2D eigenvalue weighted by molar-refractivity contribution is 0.304. The van der Waals surface area contributed by atoms with Crippen LogP contribution in [0.2, 0.25) is 0 Å². The van der Waals surface area contributed by atoms with Crippen LogP contribution >= 0.6 is 0 Å². The molecule has 0 spiro atoms. The van der Waals surface area contributed by atoms with Crippen LogP contribution in [0, 0.1) is 11.3 Å². The number of benzene rings is 1. The molecule has 0 radical (unpaired) electrons. The highest BCUT2D eigenvalue weighted by atomic mass is 16.5. The molecule has 0 aliphatic rings. The Morgan fingerprint density at radius 3 is 2.80 bits per heavy atom. The van der Waals surface area contributed by atoms with E-state index in [1.54, 1.807) is 19.4 Å². The van der Waals surface area contributed by atoms with Crippen molar-refractivity contribution in [2.24, 2.45) is 0 Å². The van der Waals surface area contributed by atoms with E-state index in [-0.39, 0.29) is 0 Å². The van der Waals surface area contributed by atoms with Crippen LogP contribution in [-0.4, -0.2) is 16.9 Å². The number of ether oxygens (including phenoxy) is 2. The Balaban J connectivity index is 2.05. The van der Waals surface area contributed by atoms with Crippen LogP contribution in [0.15, 0.2) is 30.6 Å². The van der Waals surface area contributed by atoms with Crippen molar-refractivity contribution in [3.8, 4) is 17.6 Å². The number of rotatable bonds is 5. The summed E-state index contributed by atoms with van der Waals surface area (Å²) < 4.78 is 12.7. The first-order chi connectivity index (χ1) is 9.63. The van der Waals surface area contributed by atoms with E-state index in [9.17, 15) is 0 Å². The summed E-state index contributed by atoms with van der Waals surface area (Å²) in [7, 11) is 1.55. The van der Waals surface area contributed by atoms with Crippen LogP contribution in [0.25, 0.3) is 0 Å². The van der Waals surface area contributed by atoms with Crippen LogP contribution in [0.4, 0.5) is 0 Å². The Kier molecular flexibility index (Phi) is 4.26. The van der Waals surface area contributed by atoms with Crippen LogP contribution < -0.4 is 9.47 Å². The fourth-order valence-corrected chi connectivity index (χ4v) is 1.76. The van der Waals surface area contributed by atoms with Crippen molar-refractivity contribution in [2.75, 3.05) is 7.11 Å². The first kappa shape index (κ1) is 13.9. The molecule has 0 saturated carbocycles. The minimum atomic E-state index is 0.308. The smallest absolute Gasteiger partial charge is 0.157 e. The zero-order valence-electron chi connectivity index (χ0n) is 11.8. The normalized spacial score (nSPS) is 10.3. The van der Waals surface area contributed by atoms with Crippen LogP contribution in [0.3, 0.4) is 0 Å². The number of hydrogen-bond acceptors (Lipinski definition) is 4. The van der Waals surface area contributed by atoms with Crippen molar-refractivity contribution in [3.63, 3.8) is 0 Å². The molecule has 0 aliphatic heterocycles. The Morgan fingerprint density at radius 1 is 1.40 bits per heavy atom. The molecule has 0 unspecified atom stereocenters. The van der Waals surface area contributed by atoms with Gasteiger partial charge in [-0.3, -0.25) is 4.68 Å².